The van der Waals surface area contributed by atoms with E-state index >= 15 is 0 Å². The molecule has 12 nitrogen and oxygen atoms in total. The summed E-state index contributed by atoms with van der Waals surface area (Å²) in [5.41, 5.74) is -1.91. The Morgan fingerprint density at radius 2 is 1.64 bits per heavy atom. The normalized spacial score (nSPS) is 24.9. The molecule has 0 bridgehead atoms. The summed E-state index contributed by atoms with van der Waals surface area (Å²) < 4.78 is 10.7. The van der Waals surface area contributed by atoms with Crippen LogP contribution in [0.3, 0.4) is 0 Å². The van der Waals surface area contributed by atoms with E-state index < -0.39 is 89.6 Å². The molecule has 1 fully saturated rings. The third-order valence-corrected chi connectivity index (χ3v) is 5.14. The van der Waals surface area contributed by atoms with Crippen LogP contribution in [0.1, 0.15) is 31.8 Å². The minimum atomic E-state index is -1.82. The Hall–Kier alpha value is -3.26. The highest BCUT2D eigenvalue weighted by Crippen LogP contribution is 2.36. The fourth-order valence-electron chi connectivity index (χ4n) is 3.44. The molecule has 3 rings (SSSR count). The average molecular weight is 466 g/mol. The number of aromatic carboxylic acids is 1. The lowest BCUT2D eigenvalue weighted by atomic mass is 9.94. The summed E-state index contributed by atoms with van der Waals surface area (Å²) >= 11 is 0. The Kier molecular flexibility index (Phi) is 7.17. The summed E-state index contributed by atoms with van der Waals surface area (Å²) in [6.07, 6.45) is -8.25. The van der Waals surface area contributed by atoms with Gasteiger partial charge in [-0.3, -0.25) is 4.79 Å². The van der Waals surface area contributed by atoms with Crippen LogP contribution in [0, 0.1) is 0 Å². The zero-order chi connectivity index (χ0) is 24.4. The summed E-state index contributed by atoms with van der Waals surface area (Å²) in [6, 6.07) is 5.49. The zero-order valence-electron chi connectivity index (χ0n) is 16.9. The second-order valence-electron chi connectivity index (χ2n) is 7.30. The first-order valence-corrected chi connectivity index (χ1v) is 9.64. The Bertz CT molecular complexity index is 1050. The van der Waals surface area contributed by atoms with Crippen molar-refractivity contribution in [1.82, 2.24) is 0 Å². The van der Waals surface area contributed by atoms with E-state index in [4.69, 9.17) is 9.47 Å². The van der Waals surface area contributed by atoms with Crippen LogP contribution < -0.4 is 4.74 Å². The van der Waals surface area contributed by atoms with E-state index in [1.807, 2.05) is 0 Å². The number of aromatic hydroxyl groups is 2. The Morgan fingerprint density at radius 1 is 0.939 bits per heavy atom. The minimum absolute atomic E-state index is 0.0246. The van der Waals surface area contributed by atoms with E-state index in [2.05, 4.69) is 0 Å². The molecule has 33 heavy (non-hydrogen) atoms. The van der Waals surface area contributed by atoms with Gasteiger partial charge in [-0.25, -0.2) is 4.79 Å². The molecule has 5 atom stereocenters. The van der Waals surface area contributed by atoms with Crippen LogP contribution in [0.2, 0.25) is 0 Å². The number of aliphatic hydroxyl groups is 5. The molecule has 0 spiro atoms. The molecule has 12 heteroatoms. The molecule has 0 amide bonds. The molecule has 0 unspecified atom stereocenters. The number of phenols is 2. The number of ketones is 1. The number of rotatable bonds is 7. The highest BCUT2D eigenvalue weighted by Gasteiger charge is 2.45. The number of carboxylic acid groups (broad SMARTS) is 1. The molecule has 8 N–H and O–H groups in total. The van der Waals surface area contributed by atoms with Gasteiger partial charge in [0, 0.05) is 0 Å². The predicted molar refractivity (Wildman–Crippen MR) is 107 cm³/mol. The van der Waals surface area contributed by atoms with E-state index in [0.717, 1.165) is 18.2 Å². The van der Waals surface area contributed by atoms with Gasteiger partial charge in [-0.1, -0.05) is 6.07 Å². The highest BCUT2D eigenvalue weighted by atomic mass is 16.7. The zero-order valence-corrected chi connectivity index (χ0v) is 16.9. The number of ether oxygens (including phenoxy) is 2. The number of carbonyl (C=O) groups is 2. The molecular formula is C21H22O12. The Morgan fingerprint density at radius 3 is 2.24 bits per heavy atom. The number of phenolic OH excluding ortho intramolecular Hbond substituents is 2. The van der Waals surface area contributed by atoms with Crippen molar-refractivity contribution in [2.75, 3.05) is 6.61 Å². The van der Waals surface area contributed by atoms with Crippen LogP contribution in [0.4, 0.5) is 0 Å². The first-order valence-electron chi connectivity index (χ1n) is 9.64. The molecular weight excluding hydrogens is 444 g/mol. The smallest absolute Gasteiger partial charge is 0.336 e. The number of carboxylic acids is 1. The largest absolute Gasteiger partial charge is 0.507 e. The number of benzene rings is 2. The number of carbonyl (C=O) groups excluding carboxylic acids is 1. The van der Waals surface area contributed by atoms with Gasteiger partial charge in [-0.15, -0.1) is 0 Å². The van der Waals surface area contributed by atoms with Crippen LogP contribution in [-0.2, 0) is 11.3 Å². The van der Waals surface area contributed by atoms with Crippen LogP contribution in [0.25, 0.3) is 0 Å². The third-order valence-electron chi connectivity index (χ3n) is 5.14. The summed E-state index contributed by atoms with van der Waals surface area (Å²) in [5, 5.41) is 78.7. The van der Waals surface area contributed by atoms with Gasteiger partial charge in [0.25, 0.3) is 0 Å². The van der Waals surface area contributed by atoms with E-state index in [-0.39, 0.29) is 5.56 Å². The molecule has 178 valence electrons. The van der Waals surface area contributed by atoms with Gasteiger partial charge in [0.2, 0.25) is 12.1 Å². The second-order valence-corrected chi connectivity index (χ2v) is 7.30. The monoisotopic (exact) mass is 466 g/mol. The summed E-state index contributed by atoms with van der Waals surface area (Å²) in [7, 11) is 0. The van der Waals surface area contributed by atoms with Crippen molar-refractivity contribution in [2.24, 2.45) is 0 Å². The number of aliphatic hydroxyl groups excluding tert-OH is 5. The van der Waals surface area contributed by atoms with Crippen molar-refractivity contribution in [3.63, 3.8) is 0 Å². The van der Waals surface area contributed by atoms with Crippen LogP contribution in [0.15, 0.2) is 30.3 Å². The van der Waals surface area contributed by atoms with E-state index in [1.54, 1.807) is 0 Å². The number of hydrogen-bond acceptors (Lipinski definition) is 11. The Balaban J connectivity index is 2.05. The summed E-state index contributed by atoms with van der Waals surface area (Å²) in [4.78, 5) is 24.9. The predicted octanol–water partition coefficient (Wildman–Crippen LogP) is -1.30. The maximum Gasteiger partial charge on any atom is 0.336 e. The van der Waals surface area contributed by atoms with Crippen LogP contribution in [0.5, 0.6) is 17.2 Å². The van der Waals surface area contributed by atoms with Crippen LogP contribution >= 0.6 is 0 Å². The molecule has 0 saturated carbocycles. The molecule has 1 heterocycles. The molecule has 1 aliphatic rings. The van der Waals surface area contributed by atoms with Gasteiger partial charge in [-0.2, -0.15) is 0 Å². The van der Waals surface area contributed by atoms with Gasteiger partial charge in [0.05, 0.1) is 24.3 Å². The van der Waals surface area contributed by atoms with Gasteiger partial charge in [0.1, 0.15) is 47.2 Å². The van der Waals surface area contributed by atoms with Crippen molar-refractivity contribution in [1.29, 1.82) is 0 Å². The van der Waals surface area contributed by atoms with Crippen molar-refractivity contribution in [3.05, 3.63) is 52.6 Å². The van der Waals surface area contributed by atoms with Crippen LogP contribution in [-0.4, -0.2) is 89.9 Å². The van der Waals surface area contributed by atoms with Crippen molar-refractivity contribution in [2.45, 2.75) is 37.3 Å². The number of hydrogen-bond donors (Lipinski definition) is 8. The van der Waals surface area contributed by atoms with Crippen molar-refractivity contribution >= 4 is 11.8 Å². The third kappa shape index (κ3) is 4.61. The molecule has 2 aromatic carbocycles. The van der Waals surface area contributed by atoms with Gasteiger partial charge in [0.15, 0.2) is 0 Å². The topological polar surface area (TPSA) is 214 Å². The average Bonchev–Trinajstić information content (AvgIpc) is 2.78. The molecule has 0 radical (unpaired) electrons. The molecule has 0 aliphatic carbocycles. The minimum Gasteiger partial charge on any atom is -0.507 e. The lowest BCUT2D eigenvalue weighted by molar-refractivity contribution is -0.277. The molecule has 1 saturated heterocycles. The lowest BCUT2D eigenvalue weighted by Gasteiger charge is -2.39. The molecule has 1 aliphatic heterocycles. The highest BCUT2D eigenvalue weighted by molar-refractivity contribution is 6.18. The van der Waals surface area contributed by atoms with Gasteiger partial charge in [-0.05, 0) is 29.8 Å². The summed E-state index contributed by atoms with van der Waals surface area (Å²) in [6.45, 7) is -1.34. The standard InChI is InChI=1S/C21H22O12/c22-6-8-4-9(20(30)31)14(11(25)5-8)17(27)15-10(24)2-1-3-12(15)32-21-19(29)18(28)16(26)13(7-23)33-21/h1-5,13,16,18-19,21-26,28-29H,6-7H2,(H,30,31)/t13-,16-,18+,19-,21-/m1/s1. The maximum absolute atomic E-state index is 13.2. The molecule has 2 aromatic rings. The van der Waals surface area contributed by atoms with E-state index in [1.165, 1.54) is 12.1 Å². The van der Waals surface area contributed by atoms with Gasteiger partial charge >= 0.3 is 5.97 Å². The molecule has 0 aromatic heterocycles. The lowest BCUT2D eigenvalue weighted by Crippen LogP contribution is -2.60. The quantitative estimate of drug-likeness (QED) is 0.224. The van der Waals surface area contributed by atoms with Crippen molar-refractivity contribution in [3.8, 4) is 17.2 Å². The SMILES string of the molecule is O=C(O)c1cc(CO)cc(O)c1C(=O)c1c(O)cccc1O[C@@H]1O[C@H](CO)[C@@H](O)[C@H](O)[C@H]1O. The van der Waals surface area contributed by atoms with E-state index in [0.29, 0.717) is 0 Å². The first kappa shape index (κ1) is 24.4. The van der Waals surface area contributed by atoms with Gasteiger partial charge < -0.3 is 50.3 Å². The summed E-state index contributed by atoms with van der Waals surface area (Å²) in [5.74, 6) is -4.59. The Labute approximate surface area is 186 Å². The van der Waals surface area contributed by atoms with E-state index in [9.17, 15) is 50.4 Å². The second kappa shape index (κ2) is 9.70. The first-order chi connectivity index (χ1) is 15.6. The fraction of sp³-hybridized carbons (Fsp3) is 0.333. The maximum atomic E-state index is 13.2. The van der Waals surface area contributed by atoms with Crippen molar-refractivity contribution < 1.29 is 59.9 Å². The fourth-order valence-corrected chi connectivity index (χ4v) is 3.44.